The zero-order valence-corrected chi connectivity index (χ0v) is 13.5. The van der Waals surface area contributed by atoms with Gasteiger partial charge in [-0.15, -0.1) is 0 Å². The van der Waals surface area contributed by atoms with Crippen LogP contribution in [-0.2, 0) is 11.3 Å². The van der Waals surface area contributed by atoms with Crippen LogP contribution in [0.3, 0.4) is 0 Å². The van der Waals surface area contributed by atoms with Crippen LogP contribution in [0.15, 0.2) is 24.3 Å². The first-order chi connectivity index (χ1) is 9.80. The lowest BCUT2D eigenvalue weighted by atomic mass is 9.98. The predicted octanol–water partition coefficient (Wildman–Crippen LogP) is 3.41. The van der Waals surface area contributed by atoms with E-state index in [4.69, 9.17) is 9.84 Å². The number of benzene rings is 1. The maximum Gasteiger partial charge on any atom is 0.328 e. The monoisotopic (exact) mass is 291 g/mol. The zero-order valence-electron chi connectivity index (χ0n) is 13.5. The van der Waals surface area contributed by atoms with Crippen molar-refractivity contribution < 1.29 is 14.6 Å². The van der Waals surface area contributed by atoms with E-state index in [0.29, 0.717) is 0 Å². The average Bonchev–Trinajstić information content (AvgIpc) is 2.45. The molecule has 4 heteroatoms. The first-order valence-corrected chi connectivity index (χ1v) is 7.09. The minimum Gasteiger partial charge on any atom is -0.496 e. The van der Waals surface area contributed by atoms with Gasteiger partial charge in [0, 0.05) is 23.7 Å². The van der Waals surface area contributed by atoms with Gasteiger partial charge in [0.2, 0.25) is 0 Å². The Kier molecular flexibility index (Phi) is 5.97. The van der Waals surface area contributed by atoms with Gasteiger partial charge in [-0.2, -0.15) is 0 Å². The third-order valence-electron chi connectivity index (χ3n) is 4.03. The molecule has 0 aliphatic rings. The van der Waals surface area contributed by atoms with Gasteiger partial charge in [-0.25, -0.2) is 4.79 Å². The molecule has 21 heavy (non-hydrogen) atoms. The number of carboxylic acid groups (broad SMARTS) is 1. The summed E-state index contributed by atoms with van der Waals surface area (Å²) in [6.07, 6.45) is 3.78. The molecule has 0 amide bonds. The van der Waals surface area contributed by atoms with Crippen LogP contribution < -0.4 is 4.74 Å². The number of ether oxygens (including phenoxy) is 1. The Balaban J connectivity index is 3.03. The van der Waals surface area contributed by atoms with Crippen LogP contribution in [-0.4, -0.2) is 35.7 Å². The summed E-state index contributed by atoms with van der Waals surface area (Å²) in [6.45, 7) is 7.32. The molecule has 0 spiro atoms. The molecule has 0 fully saturated rings. The average molecular weight is 291 g/mol. The SMILES string of the molecule is CCC(C)(C)N(C)Cc1cc(C=CC(=O)O)ccc1OC. The van der Waals surface area contributed by atoms with E-state index in [1.165, 1.54) is 0 Å². The van der Waals surface area contributed by atoms with Crippen molar-refractivity contribution in [2.24, 2.45) is 0 Å². The second-order valence-corrected chi connectivity index (χ2v) is 5.76. The number of rotatable bonds is 7. The van der Waals surface area contributed by atoms with Crippen molar-refractivity contribution in [3.63, 3.8) is 0 Å². The zero-order chi connectivity index (χ0) is 16.0. The van der Waals surface area contributed by atoms with Gasteiger partial charge in [0.05, 0.1) is 7.11 Å². The molecule has 1 aromatic carbocycles. The van der Waals surface area contributed by atoms with E-state index < -0.39 is 5.97 Å². The summed E-state index contributed by atoms with van der Waals surface area (Å²) in [6, 6.07) is 5.71. The lowest BCUT2D eigenvalue weighted by Crippen LogP contribution is -2.39. The minimum absolute atomic E-state index is 0.0952. The molecule has 0 saturated heterocycles. The van der Waals surface area contributed by atoms with Gasteiger partial charge < -0.3 is 9.84 Å². The van der Waals surface area contributed by atoms with Crippen molar-refractivity contribution in [2.75, 3.05) is 14.2 Å². The van der Waals surface area contributed by atoms with Crippen LogP contribution in [0.4, 0.5) is 0 Å². The van der Waals surface area contributed by atoms with E-state index in [1.54, 1.807) is 13.2 Å². The smallest absolute Gasteiger partial charge is 0.328 e. The number of aliphatic carboxylic acids is 1. The Morgan fingerprint density at radius 3 is 2.62 bits per heavy atom. The van der Waals surface area contributed by atoms with Crippen molar-refractivity contribution in [2.45, 2.75) is 39.3 Å². The van der Waals surface area contributed by atoms with Crippen LogP contribution >= 0.6 is 0 Å². The first kappa shape index (κ1) is 17.2. The highest BCUT2D eigenvalue weighted by Gasteiger charge is 2.22. The molecule has 0 aromatic heterocycles. The molecule has 0 heterocycles. The van der Waals surface area contributed by atoms with E-state index in [0.717, 1.165) is 35.9 Å². The highest BCUT2D eigenvalue weighted by atomic mass is 16.5. The molecule has 1 N–H and O–H groups in total. The summed E-state index contributed by atoms with van der Waals surface area (Å²) in [5.41, 5.74) is 2.00. The summed E-state index contributed by atoms with van der Waals surface area (Å²) in [5.74, 6) is -0.127. The van der Waals surface area contributed by atoms with Gasteiger partial charge in [0.25, 0.3) is 0 Å². The number of nitrogens with zero attached hydrogens (tertiary/aromatic N) is 1. The van der Waals surface area contributed by atoms with Gasteiger partial charge in [0.1, 0.15) is 5.75 Å². The fourth-order valence-electron chi connectivity index (χ4n) is 1.93. The molecule has 1 rings (SSSR count). The maximum absolute atomic E-state index is 10.6. The molecule has 0 atom stereocenters. The van der Waals surface area contributed by atoms with Crippen molar-refractivity contribution in [3.8, 4) is 5.75 Å². The van der Waals surface area contributed by atoms with Gasteiger partial charge in [0.15, 0.2) is 0 Å². The number of hydrogen-bond acceptors (Lipinski definition) is 3. The van der Waals surface area contributed by atoms with Crippen LogP contribution in [0, 0.1) is 0 Å². The van der Waals surface area contributed by atoms with Gasteiger partial charge in [-0.05, 0) is 51.1 Å². The standard InChI is InChI=1S/C17H25NO3/c1-6-17(2,3)18(4)12-14-11-13(8-10-16(19)20)7-9-15(14)21-5/h7-11H,6,12H2,1-5H3,(H,19,20). The summed E-state index contributed by atoms with van der Waals surface area (Å²) in [5, 5.41) is 8.71. The third-order valence-corrected chi connectivity index (χ3v) is 4.03. The number of methoxy groups -OCH3 is 1. The molecule has 1 aromatic rings. The summed E-state index contributed by atoms with van der Waals surface area (Å²) >= 11 is 0. The van der Waals surface area contributed by atoms with Gasteiger partial charge in [-0.3, -0.25) is 4.90 Å². The van der Waals surface area contributed by atoms with E-state index in [-0.39, 0.29) is 5.54 Å². The summed E-state index contributed by atoms with van der Waals surface area (Å²) < 4.78 is 5.41. The van der Waals surface area contributed by atoms with Gasteiger partial charge >= 0.3 is 5.97 Å². The second-order valence-electron chi connectivity index (χ2n) is 5.76. The molecular formula is C17H25NO3. The van der Waals surface area contributed by atoms with Crippen molar-refractivity contribution in [1.82, 2.24) is 4.90 Å². The van der Waals surface area contributed by atoms with E-state index >= 15 is 0 Å². The molecule has 0 radical (unpaired) electrons. The van der Waals surface area contributed by atoms with Crippen LogP contribution in [0.25, 0.3) is 6.08 Å². The number of carbonyl (C=O) groups is 1. The van der Waals surface area contributed by atoms with E-state index in [1.807, 2.05) is 18.2 Å². The Morgan fingerprint density at radius 1 is 1.43 bits per heavy atom. The lowest BCUT2D eigenvalue weighted by molar-refractivity contribution is -0.131. The Morgan fingerprint density at radius 2 is 2.10 bits per heavy atom. The Hall–Kier alpha value is -1.81. The quantitative estimate of drug-likeness (QED) is 0.782. The second kappa shape index (κ2) is 7.27. The van der Waals surface area contributed by atoms with Gasteiger partial charge in [-0.1, -0.05) is 13.0 Å². The predicted molar refractivity (Wildman–Crippen MR) is 85.5 cm³/mol. The fraction of sp³-hybridized carbons (Fsp3) is 0.471. The number of hydrogen-bond donors (Lipinski definition) is 1. The maximum atomic E-state index is 10.6. The molecule has 116 valence electrons. The van der Waals surface area contributed by atoms with Crippen molar-refractivity contribution in [1.29, 1.82) is 0 Å². The molecule has 0 unspecified atom stereocenters. The third kappa shape index (κ3) is 4.90. The summed E-state index contributed by atoms with van der Waals surface area (Å²) in [4.78, 5) is 12.9. The molecule has 0 aliphatic heterocycles. The highest BCUT2D eigenvalue weighted by Crippen LogP contribution is 2.26. The van der Waals surface area contributed by atoms with Crippen LogP contribution in [0.1, 0.15) is 38.3 Å². The van der Waals surface area contributed by atoms with Crippen LogP contribution in [0.2, 0.25) is 0 Å². The topological polar surface area (TPSA) is 49.8 Å². The number of carboxylic acids is 1. The van der Waals surface area contributed by atoms with Crippen molar-refractivity contribution >= 4 is 12.0 Å². The normalized spacial score (nSPS) is 12.1. The Labute approximate surface area is 127 Å². The fourth-order valence-corrected chi connectivity index (χ4v) is 1.93. The lowest BCUT2D eigenvalue weighted by Gasteiger charge is -2.35. The molecule has 0 bridgehead atoms. The molecule has 0 aliphatic carbocycles. The molecule has 4 nitrogen and oxygen atoms in total. The molecule has 0 saturated carbocycles. The first-order valence-electron chi connectivity index (χ1n) is 7.09. The Bertz CT molecular complexity index is 521. The van der Waals surface area contributed by atoms with E-state index in [2.05, 4.69) is 32.7 Å². The summed E-state index contributed by atoms with van der Waals surface area (Å²) in [7, 11) is 3.74. The minimum atomic E-state index is -0.948. The van der Waals surface area contributed by atoms with E-state index in [9.17, 15) is 4.79 Å². The highest BCUT2D eigenvalue weighted by molar-refractivity contribution is 5.85. The van der Waals surface area contributed by atoms with Crippen molar-refractivity contribution in [3.05, 3.63) is 35.4 Å². The largest absolute Gasteiger partial charge is 0.496 e. The van der Waals surface area contributed by atoms with Crippen LogP contribution in [0.5, 0.6) is 5.75 Å². The molecular weight excluding hydrogens is 266 g/mol.